The summed E-state index contributed by atoms with van der Waals surface area (Å²) < 4.78 is 21.1. The number of nitrogens with one attached hydrogen (secondary N) is 1. The van der Waals surface area contributed by atoms with E-state index in [1.807, 2.05) is 0 Å². The van der Waals surface area contributed by atoms with Crippen molar-refractivity contribution in [1.82, 2.24) is 5.32 Å². The molecular formula is C13H15Cl5NO4P. The lowest BCUT2D eigenvalue weighted by Gasteiger charge is -2.31. The van der Waals surface area contributed by atoms with E-state index in [1.165, 1.54) is 18.2 Å². The zero-order chi connectivity index (χ0) is 18.5. The Hall–Kier alpha value is 0.290. The first-order valence-electron chi connectivity index (χ1n) is 6.76. The average Bonchev–Trinajstić information content (AvgIpc) is 2.43. The highest BCUT2D eigenvalue weighted by atomic mass is 35.6. The molecule has 11 heteroatoms. The van der Waals surface area contributed by atoms with Crippen molar-refractivity contribution in [3.63, 3.8) is 0 Å². The van der Waals surface area contributed by atoms with Crippen LogP contribution in [0.15, 0.2) is 18.2 Å². The maximum Gasteiger partial charge on any atom is 0.357 e. The Balaban J connectivity index is 3.18. The molecule has 0 spiro atoms. The molecule has 0 heterocycles. The van der Waals surface area contributed by atoms with Crippen LogP contribution in [0.2, 0.25) is 10.0 Å². The minimum Gasteiger partial charge on any atom is -0.334 e. The molecule has 1 rings (SSSR count). The standard InChI is InChI=1S/C13H15Cl5NO4P/c1-3-22-24(21,23-4-2)12(13(16,17)18)19-11(20)9-6-5-8(14)7-10(9)15/h5-7,12H,3-4H2,1-2H3,(H,19,20)/t12-/m1/s1. The second-order valence-corrected chi connectivity index (χ2v) is 9.74. The van der Waals surface area contributed by atoms with Crippen molar-refractivity contribution in [1.29, 1.82) is 0 Å². The van der Waals surface area contributed by atoms with Gasteiger partial charge in [-0.05, 0) is 32.0 Å². The van der Waals surface area contributed by atoms with Gasteiger partial charge in [-0.25, -0.2) is 0 Å². The number of amides is 1. The van der Waals surface area contributed by atoms with Crippen molar-refractivity contribution in [2.75, 3.05) is 13.2 Å². The molecule has 1 N–H and O–H groups in total. The molecule has 0 bridgehead atoms. The van der Waals surface area contributed by atoms with Crippen LogP contribution >= 0.6 is 65.6 Å². The predicted molar refractivity (Wildman–Crippen MR) is 98.9 cm³/mol. The van der Waals surface area contributed by atoms with Gasteiger partial charge in [-0.15, -0.1) is 0 Å². The first-order chi connectivity index (χ1) is 11.0. The van der Waals surface area contributed by atoms with Crippen LogP contribution in [0.1, 0.15) is 24.2 Å². The summed E-state index contributed by atoms with van der Waals surface area (Å²) in [7, 11) is -3.95. The highest BCUT2D eigenvalue weighted by Crippen LogP contribution is 2.58. The fourth-order valence-corrected chi connectivity index (χ4v) is 5.22. The Morgan fingerprint density at radius 2 is 1.75 bits per heavy atom. The second kappa shape index (κ2) is 9.29. The molecule has 0 saturated heterocycles. The lowest BCUT2D eigenvalue weighted by Crippen LogP contribution is -2.44. The molecule has 0 unspecified atom stereocenters. The third-order valence-electron chi connectivity index (χ3n) is 2.69. The lowest BCUT2D eigenvalue weighted by atomic mass is 10.2. The molecule has 0 aliphatic carbocycles. The Labute approximate surface area is 165 Å². The molecule has 24 heavy (non-hydrogen) atoms. The summed E-state index contributed by atoms with van der Waals surface area (Å²) >= 11 is 29.4. The monoisotopic (exact) mass is 455 g/mol. The second-order valence-electron chi connectivity index (χ2n) is 4.42. The van der Waals surface area contributed by atoms with Crippen LogP contribution < -0.4 is 5.32 Å². The third kappa shape index (κ3) is 5.93. The highest BCUT2D eigenvalue weighted by Gasteiger charge is 2.49. The average molecular weight is 458 g/mol. The van der Waals surface area contributed by atoms with E-state index in [0.717, 1.165) is 0 Å². The van der Waals surface area contributed by atoms with E-state index in [-0.39, 0.29) is 23.8 Å². The van der Waals surface area contributed by atoms with Gasteiger partial charge in [-0.1, -0.05) is 58.0 Å². The number of benzene rings is 1. The van der Waals surface area contributed by atoms with Gasteiger partial charge in [0.25, 0.3) is 5.91 Å². The molecule has 0 fully saturated rings. The van der Waals surface area contributed by atoms with Crippen LogP contribution in [-0.4, -0.2) is 28.7 Å². The van der Waals surface area contributed by atoms with Crippen molar-refractivity contribution < 1.29 is 18.4 Å². The summed E-state index contributed by atoms with van der Waals surface area (Å²) in [5.41, 5.74) is 0.0693. The number of rotatable bonds is 7. The van der Waals surface area contributed by atoms with Gasteiger partial charge < -0.3 is 14.4 Å². The van der Waals surface area contributed by atoms with Crippen LogP contribution in [0, 0.1) is 0 Å². The summed E-state index contributed by atoms with van der Waals surface area (Å²) in [6.45, 7) is 3.26. The normalized spacial score (nSPS) is 13.6. The smallest absolute Gasteiger partial charge is 0.334 e. The quantitative estimate of drug-likeness (QED) is 0.422. The van der Waals surface area contributed by atoms with Crippen LogP contribution in [0.3, 0.4) is 0 Å². The van der Waals surface area contributed by atoms with E-state index >= 15 is 0 Å². The number of hydrogen-bond donors (Lipinski definition) is 1. The summed E-state index contributed by atoms with van der Waals surface area (Å²) in [6.07, 6.45) is 0. The van der Waals surface area contributed by atoms with E-state index in [2.05, 4.69) is 5.32 Å². The van der Waals surface area contributed by atoms with Gasteiger partial charge in [-0.2, -0.15) is 0 Å². The van der Waals surface area contributed by atoms with Crippen molar-refractivity contribution in [2.45, 2.75) is 23.4 Å². The lowest BCUT2D eigenvalue weighted by molar-refractivity contribution is 0.0938. The molecular weight excluding hydrogens is 442 g/mol. The number of carbonyl (C=O) groups excluding carboxylic acids is 1. The maximum absolute atomic E-state index is 12.9. The molecule has 136 valence electrons. The van der Waals surface area contributed by atoms with Crippen LogP contribution in [0.5, 0.6) is 0 Å². The number of carbonyl (C=O) groups is 1. The molecule has 1 aromatic rings. The van der Waals surface area contributed by atoms with Crippen molar-refractivity contribution in [3.05, 3.63) is 33.8 Å². The van der Waals surface area contributed by atoms with Gasteiger partial charge in [0.2, 0.25) is 3.79 Å². The zero-order valence-electron chi connectivity index (χ0n) is 12.7. The van der Waals surface area contributed by atoms with E-state index in [9.17, 15) is 9.36 Å². The van der Waals surface area contributed by atoms with Crippen molar-refractivity contribution >= 4 is 71.5 Å². The molecule has 1 amide bonds. The fourth-order valence-electron chi connectivity index (χ4n) is 1.76. The molecule has 0 aliphatic rings. The van der Waals surface area contributed by atoms with Crippen LogP contribution in [0.4, 0.5) is 0 Å². The molecule has 0 aromatic heterocycles. The third-order valence-corrected chi connectivity index (χ3v) is 6.73. The van der Waals surface area contributed by atoms with E-state index < -0.39 is 23.1 Å². The topological polar surface area (TPSA) is 64.6 Å². The summed E-state index contributed by atoms with van der Waals surface area (Å²) in [6, 6.07) is 4.24. The van der Waals surface area contributed by atoms with Gasteiger partial charge in [-0.3, -0.25) is 9.36 Å². The minimum absolute atomic E-state index is 0.0338. The Bertz CT molecular complexity index is 627. The van der Waals surface area contributed by atoms with Gasteiger partial charge in [0.1, 0.15) is 0 Å². The van der Waals surface area contributed by atoms with Gasteiger partial charge in [0.15, 0.2) is 5.78 Å². The first-order valence-corrected chi connectivity index (χ1v) is 10.3. The van der Waals surface area contributed by atoms with Crippen molar-refractivity contribution in [2.24, 2.45) is 0 Å². The fraction of sp³-hybridized carbons (Fsp3) is 0.462. The van der Waals surface area contributed by atoms with Crippen molar-refractivity contribution in [3.8, 4) is 0 Å². The van der Waals surface area contributed by atoms with Crippen LogP contribution in [-0.2, 0) is 13.6 Å². The Kier molecular flexibility index (Phi) is 8.65. The largest absolute Gasteiger partial charge is 0.357 e. The first kappa shape index (κ1) is 22.3. The van der Waals surface area contributed by atoms with E-state index in [1.54, 1.807) is 13.8 Å². The number of hydrogen-bond acceptors (Lipinski definition) is 4. The Morgan fingerprint density at radius 3 is 2.17 bits per heavy atom. The molecule has 1 aromatic carbocycles. The SMILES string of the molecule is CCOP(=O)(OCC)[C@@H](NC(=O)c1ccc(Cl)cc1Cl)C(Cl)(Cl)Cl. The predicted octanol–water partition coefficient (Wildman–Crippen LogP) is 5.69. The summed E-state index contributed by atoms with van der Waals surface area (Å²) in [5, 5.41) is 2.81. The van der Waals surface area contributed by atoms with Gasteiger partial charge >= 0.3 is 7.60 Å². The molecule has 0 radical (unpaired) electrons. The summed E-state index contributed by atoms with van der Waals surface area (Å²) in [5.74, 6) is -2.25. The van der Waals surface area contributed by atoms with Gasteiger partial charge in [0, 0.05) is 5.02 Å². The minimum atomic E-state index is -3.95. The van der Waals surface area contributed by atoms with Crippen LogP contribution in [0.25, 0.3) is 0 Å². The van der Waals surface area contributed by atoms with E-state index in [0.29, 0.717) is 5.02 Å². The van der Waals surface area contributed by atoms with E-state index in [4.69, 9.17) is 67.1 Å². The number of alkyl halides is 3. The maximum atomic E-state index is 12.9. The molecule has 5 nitrogen and oxygen atoms in total. The zero-order valence-corrected chi connectivity index (χ0v) is 17.4. The molecule has 1 atom stereocenters. The van der Waals surface area contributed by atoms with Gasteiger partial charge in [0.05, 0.1) is 23.8 Å². The Morgan fingerprint density at radius 1 is 1.21 bits per heavy atom. The molecule has 0 saturated carbocycles. The summed E-state index contributed by atoms with van der Waals surface area (Å²) in [4.78, 5) is 12.4. The highest BCUT2D eigenvalue weighted by molar-refractivity contribution is 7.55. The number of halogens is 5. The molecule has 0 aliphatic heterocycles.